The molecule has 2 atom stereocenters. The first kappa shape index (κ1) is 14.6. The molecule has 2 unspecified atom stereocenters. The van der Waals surface area contributed by atoms with Crippen molar-refractivity contribution in [2.45, 2.75) is 25.0 Å². The monoisotopic (exact) mass is 274 g/mol. The Morgan fingerprint density at radius 2 is 2.20 bits per heavy atom. The molecule has 1 aliphatic rings. The van der Waals surface area contributed by atoms with E-state index in [4.69, 9.17) is 20.6 Å². The second kappa shape index (κ2) is 7.68. The van der Waals surface area contributed by atoms with E-state index in [-0.39, 0.29) is 24.8 Å². The van der Waals surface area contributed by atoms with Crippen molar-refractivity contribution in [2.24, 2.45) is 0 Å². The number of ether oxygens (including phenoxy) is 3. The Hall–Kier alpha value is -1.83. The van der Waals surface area contributed by atoms with Gasteiger partial charge in [0.1, 0.15) is 12.7 Å². The molecule has 0 aliphatic carbocycles. The van der Waals surface area contributed by atoms with E-state index in [1.54, 1.807) is 12.1 Å². The lowest BCUT2D eigenvalue weighted by molar-refractivity contribution is -0.0807. The molecule has 4 heteroatoms. The zero-order valence-electron chi connectivity index (χ0n) is 11.3. The molecule has 1 aliphatic heterocycles. The van der Waals surface area contributed by atoms with Crippen molar-refractivity contribution < 1.29 is 19.0 Å². The zero-order chi connectivity index (χ0) is 14.2. The van der Waals surface area contributed by atoms with Gasteiger partial charge in [0.05, 0.1) is 24.9 Å². The highest BCUT2D eigenvalue weighted by Gasteiger charge is 2.25. The van der Waals surface area contributed by atoms with Crippen LogP contribution in [0.5, 0.6) is 0 Å². The van der Waals surface area contributed by atoms with Gasteiger partial charge in [0.25, 0.3) is 0 Å². The fourth-order valence-electron chi connectivity index (χ4n) is 2.11. The Morgan fingerprint density at radius 1 is 1.40 bits per heavy atom. The Balaban J connectivity index is 1.81. The van der Waals surface area contributed by atoms with Gasteiger partial charge in [0.15, 0.2) is 0 Å². The quantitative estimate of drug-likeness (QED) is 0.468. The van der Waals surface area contributed by atoms with E-state index in [1.165, 1.54) is 0 Å². The first-order valence-electron chi connectivity index (χ1n) is 6.68. The van der Waals surface area contributed by atoms with Crippen LogP contribution in [0.25, 0.3) is 0 Å². The summed E-state index contributed by atoms with van der Waals surface area (Å²) in [6, 6.07) is 8.99. The van der Waals surface area contributed by atoms with Gasteiger partial charge in [-0.1, -0.05) is 24.1 Å². The summed E-state index contributed by atoms with van der Waals surface area (Å²) in [6.45, 7) is 1.27. The molecule has 2 rings (SSSR count). The first-order valence-corrected chi connectivity index (χ1v) is 6.68. The van der Waals surface area contributed by atoms with E-state index in [0.29, 0.717) is 31.6 Å². The second-order valence-corrected chi connectivity index (χ2v) is 4.63. The van der Waals surface area contributed by atoms with Crippen LogP contribution in [-0.2, 0) is 14.2 Å². The van der Waals surface area contributed by atoms with Gasteiger partial charge in [-0.25, -0.2) is 4.79 Å². The lowest BCUT2D eigenvalue weighted by Gasteiger charge is -2.29. The summed E-state index contributed by atoms with van der Waals surface area (Å²) in [6.07, 6.45) is 6.28. The molecule has 0 amide bonds. The molecule has 4 nitrogen and oxygen atoms in total. The summed E-state index contributed by atoms with van der Waals surface area (Å²) in [5.41, 5.74) is 0.569. The van der Waals surface area contributed by atoms with Gasteiger partial charge in [0.2, 0.25) is 0 Å². The van der Waals surface area contributed by atoms with E-state index in [1.807, 2.05) is 18.2 Å². The molecular weight excluding hydrogens is 256 g/mol. The van der Waals surface area contributed by atoms with Crippen LogP contribution in [0.3, 0.4) is 0 Å². The van der Waals surface area contributed by atoms with E-state index in [2.05, 4.69) is 5.92 Å². The van der Waals surface area contributed by atoms with E-state index in [0.717, 1.165) is 0 Å². The lowest BCUT2D eigenvalue weighted by atomic mass is 10.1. The summed E-state index contributed by atoms with van der Waals surface area (Å²) in [5.74, 6) is 2.12. The van der Waals surface area contributed by atoms with Gasteiger partial charge in [-0.2, -0.15) is 0 Å². The van der Waals surface area contributed by atoms with Crippen LogP contribution in [0.4, 0.5) is 0 Å². The van der Waals surface area contributed by atoms with Crippen molar-refractivity contribution in [3.8, 4) is 12.3 Å². The van der Waals surface area contributed by atoms with E-state index >= 15 is 0 Å². The highest BCUT2D eigenvalue weighted by atomic mass is 16.6. The van der Waals surface area contributed by atoms with Crippen molar-refractivity contribution in [1.82, 2.24) is 0 Å². The van der Waals surface area contributed by atoms with E-state index < -0.39 is 0 Å². The number of benzene rings is 1. The third-order valence-electron chi connectivity index (χ3n) is 3.09. The maximum Gasteiger partial charge on any atom is 0.338 e. The van der Waals surface area contributed by atoms with E-state index in [9.17, 15) is 4.79 Å². The van der Waals surface area contributed by atoms with Crippen LogP contribution in [0.1, 0.15) is 23.2 Å². The van der Waals surface area contributed by atoms with Crippen molar-refractivity contribution in [3.05, 3.63) is 35.9 Å². The Kier molecular flexibility index (Phi) is 5.60. The molecular formula is C16H18O4. The largest absolute Gasteiger partial charge is 0.459 e. The van der Waals surface area contributed by atoms with Gasteiger partial charge in [-0.05, 0) is 12.1 Å². The van der Waals surface area contributed by atoms with Gasteiger partial charge in [-0.15, -0.1) is 6.42 Å². The van der Waals surface area contributed by atoms with Crippen molar-refractivity contribution in [2.75, 3.05) is 19.8 Å². The smallest absolute Gasteiger partial charge is 0.338 e. The van der Waals surface area contributed by atoms with Crippen LogP contribution in [0, 0.1) is 12.3 Å². The molecule has 0 N–H and O–H groups in total. The van der Waals surface area contributed by atoms with Gasteiger partial charge >= 0.3 is 5.97 Å². The average molecular weight is 274 g/mol. The first-order chi connectivity index (χ1) is 9.79. The summed E-state index contributed by atoms with van der Waals surface area (Å²) >= 11 is 0. The molecule has 0 bridgehead atoms. The van der Waals surface area contributed by atoms with Crippen molar-refractivity contribution >= 4 is 5.97 Å². The Labute approximate surface area is 119 Å². The summed E-state index contributed by atoms with van der Waals surface area (Å²) in [7, 11) is 0. The predicted molar refractivity (Wildman–Crippen MR) is 74.3 cm³/mol. The summed E-state index contributed by atoms with van der Waals surface area (Å²) < 4.78 is 16.3. The Morgan fingerprint density at radius 3 is 2.95 bits per heavy atom. The summed E-state index contributed by atoms with van der Waals surface area (Å²) in [4.78, 5) is 12.0. The number of rotatable bonds is 5. The maximum atomic E-state index is 12.0. The highest BCUT2D eigenvalue weighted by molar-refractivity contribution is 5.89. The average Bonchev–Trinajstić information content (AvgIpc) is 2.49. The lowest BCUT2D eigenvalue weighted by Crippen LogP contribution is -2.35. The minimum absolute atomic E-state index is 0.0642. The second-order valence-electron chi connectivity index (χ2n) is 4.63. The topological polar surface area (TPSA) is 44.8 Å². The molecule has 0 spiro atoms. The van der Waals surface area contributed by atoms with Gasteiger partial charge in [-0.3, -0.25) is 0 Å². The van der Waals surface area contributed by atoms with Gasteiger partial charge in [0, 0.05) is 12.8 Å². The fraction of sp³-hybridized carbons (Fsp3) is 0.438. The van der Waals surface area contributed by atoms with Crippen LogP contribution in [0.15, 0.2) is 30.3 Å². The number of esters is 1. The molecule has 1 saturated heterocycles. The molecule has 1 aromatic carbocycles. The van der Waals surface area contributed by atoms with Crippen molar-refractivity contribution in [1.29, 1.82) is 0 Å². The summed E-state index contributed by atoms with van der Waals surface area (Å²) in [5, 5.41) is 0. The third kappa shape index (κ3) is 4.37. The normalized spacial score (nSPS) is 21.9. The molecule has 0 aromatic heterocycles. The number of carbonyl (C=O) groups is 1. The molecule has 0 saturated carbocycles. The number of terminal acetylenes is 1. The third-order valence-corrected chi connectivity index (χ3v) is 3.09. The molecule has 1 fully saturated rings. The van der Waals surface area contributed by atoms with Crippen LogP contribution >= 0.6 is 0 Å². The number of hydrogen-bond acceptors (Lipinski definition) is 4. The standard InChI is InChI=1S/C16H18O4/c1-2-9-18-12-15-11-14(8-10-19-15)20-16(17)13-6-4-3-5-7-13/h1,3-7,14-15H,8-12H2. The molecule has 1 aromatic rings. The van der Waals surface area contributed by atoms with Crippen LogP contribution in [0.2, 0.25) is 0 Å². The molecule has 20 heavy (non-hydrogen) atoms. The highest BCUT2D eigenvalue weighted by Crippen LogP contribution is 2.18. The van der Waals surface area contributed by atoms with Gasteiger partial charge < -0.3 is 14.2 Å². The minimum atomic E-state index is -0.291. The molecule has 0 radical (unpaired) electrons. The predicted octanol–water partition coefficient (Wildman–Crippen LogP) is 2.04. The van der Waals surface area contributed by atoms with Crippen LogP contribution < -0.4 is 0 Å². The fourth-order valence-corrected chi connectivity index (χ4v) is 2.11. The van der Waals surface area contributed by atoms with Crippen molar-refractivity contribution in [3.63, 3.8) is 0 Å². The number of carbonyl (C=O) groups excluding carboxylic acids is 1. The molecule has 1 heterocycles. The Bertz CT molecular complexity index is 463. The SMILES string of the molecule is C#CCOCC1CC(OC(=O)c2ccccc2)CCO1. The van der Waals surface area contributed by atoms with Crippen LogP contribution in [-0.4, -0.2) is 38.0 Å². The minimum Gasteiger partial charge on any atom is -0.459 e. The maximum absolute atomic E-state index is 12.0. The molecule has 106 valence electrons. The zero-order valence-corrected chi connectivity index (χ0v) is 11.3. The number of hydrogen-bond donors (Lipinski definition) is 0.